The maximum atomic E-state index is 4.79. The molecule has 1 aliphatic rings. The van der Waals surface area contributed by atoms with Crippen molar-refractivity contribution in [2.75, 3.05) is 4.90 Å². The van der Waals surface area contributed by atoms with Crippen LogP contribution in [-0.4, -0.2) is 0 Å². The van der Waals surface area contributed by atoms with E-state index in [-0.39, 0.29) is 0 Å². The molecule has 308 valence electrons. The number of nitrogens with zero attached hydrogens (tertiary/aromatic N) is 1. The molecular formula is C60H63N. The summed E-state index contributed by atoms with van der Waals surface area (Å²) in [5.41, 5.74) is 19.2. The summed E-state index contributed by atoms with van der Waals surface area (Å²) in [4.78, 5) is 2.25. The molecule has 0 aliphatic heterocycles. The van der Waals surface area contributed by atoms with Crippen molar-refractivity contribution in [1.29, 1.82) is 0 Å². The Hall–Kier alpha value is -6.70. The fourth-order valence-corrected chi connectivity index (χ4v) is 7.63. The van der Waals surface area contributed by atoms with Gasteiger partial charge in [0.1, 0.15) is 0 Å². The fraction of sp³-hybridized carbons (Fsp3) is 0.167. The Morgan fingerprint density at radius 2 is 1.46 bits per heavy atom. The third-order valence-corrected chi connectivity index (χ3v) is 11.1. The zero-order chi connectivity index (χ0) is 43.7. The van der Waals surface area contributed by atoms with Crippen molar-refractivity contribution >= 4 is 34.3 Å². The molecule has 0 heterocycles. The molecule has 0 atom stereocenters. The number of hydrogen-bond acceptors (Lipinski definition) is 1. The van der Waals surface area contributed by atoms with Crippen molar-refractivity contribution in [3.05, 3.63) is 263 Å². The Labute approximate surface area is 368 Å². The second-order valence-corrected chi connectivity index (χ2v) is 15.5. The van der Waals surface area contributed by atoms with Crippen molar-refractivity contribution in [2.45, 2.75) is 67.7 Å². The summed E-state index contributed by atoms with van der Waals surface area (Å²) < 4.78 is 0. The van der Waals surface area contributed by atoms with Gasteiger partial charge in [0.05, 0.1) is 0 Å². The van der Waals surface area contributed by atoms with Crippen LogP contribution < -0.4 is 4.90 Å². The van der Waals surface area contributed by atoms with Gasteiger partial charge in [0, 0.05) is 17.1 Å². The molecule has 0 radical (unpaired) electrons. The number of allylic oxidation sites excluding steroid dienone is 21. The van der Waals surface area contributed by atoms with Gasteiger partial charge in [-0.2, -0.15) is 0 Å². The summed E-state index contributed by atoms with van der Waals surface area (Å²) in [7, 11) is 0. The summed E-state index contributed by atoms with van der Waals surface area (Å²) >= 11 is 0. The van der Waals surface area contributed by atoms with Crippen LogP contribution in [0.25, 0.3) is 22.9 Å². The average Bonchev–Trinajstić information content (AvgIpc) is 3.28. The van der Waals surface area contributed by atoms with Gasteiger partial charge in [-0.15, -0.1) is 0 Å². The lowest BCUT2D eigenvalue weighted by Gasteiger charge is -2.29. The molecule has 4 aromatic carbocycles. The highest BCUT2D eigenvalue weighted by Crippen LogP contribution is 2.39. The summed E-state index contributed by atoms with van der Waals surface area (Å²) in [6, 6.07) is 36.6. The Kier molecular flexibility index (Phi) is 16.8. The largest absolute Gasteiger partial charge is 0.310 e. The van der Waals surface area contributed by atoms with Crippen LogP contribution >= 0.6 is 0 Å². The lowest BCUT2D eigenvalue weighted by atomic mass is 9.83. The predicted octanol–water partition coefficient (Wildman–Crippen LogP) is 17.4. The molecule has 1 aliphatic carbocycles. The van der Waals surface area contributed by atoms with E-state index in [1.807, 2.05) is 12.2 Å². The minimum absolute atomic E-state index is 0.916. The van der Waals surface area contributed by atoms with Gasteiger partial charge in [-0.3, -0.25) is 0 Å². The smallest absolute Gasteiger partial charge is 0.0490 e. The summed E-state index contributed by atoms with van der Waals surface area (Å²) in [6.45, 7) is 28.5. The number of hydrogen-bond donors (Lipinski definition) is 0. The van der Waals surface area contributed by atoms with E-state index in [0.717, 1.165) is 92.0 Å². The molecule has 0 saturated heterocycles. The minimum atomic E-state index is 0.916. The number of para-hydroxylation sites is 2. The molecule has 0 unspecified atom stereocenters. The second kappa shape index (κ2) is 22.6. The summed E-state index contributed by atoms with van der Waals surface area (Å²) in [6.07, 6.45) is 31.3. The number of anilines is 2. The van der Waals surface area contributed by atoms with E-state index in [2.05, 4.69) is 236 Å². The first kappa shape index (κ1) is 45.4. The summed E-state index contributed by atoms with van der Waals surface area (Å²) in [5.74, 6) is 0. The Balaban J connectivity index is 1.74. The molecule has 0 spiro atoms. The molecule has 1 nitrogen and oxygen atoms in total. The van der Waals surface area contributed by atoms with E-state index in [9.17, 15) is 0 Å². The number of aryl methyl sites for hydroxylation is 1. The molecule has 4 aromatic rings. The Morgan fingerprint density at radius 3 is 2.15 bits per heavy atom. The molecule has 0 fully saturated rings. The van der Waals surface area contributed by atoms with E-state index >= 15 is 0 Å². The van der Waals surface area contributed by atoms with Crippen LogP contribution in [0.5, 0.6) is 0 Å². The normalized spacial score (nSPS) is 16.6. The molecule has 0 aromatic heterocycles. The molecular weight excluding hydrogens is 735 g/mol. The third kappa shape index (κ3) is 11.7. The van der Waals surface area contributed by atoms with E-state index in [1.165, 1.54) is 22.3 Å². The summed E-state index contributed by atoms with van der Waals surface area (Å²) in [5, 5.41) is 0. The van der Waals surface area contributed by atoms with Gasteiger partial charge in [-0.05, 0) is 157 Å². The van der Waals surface area contributed by atoms with Crippen LogP contribution in [0.2, 0.25) is 0 Å². The maximum absolute atomic E-state index is 4.79. The van der Waals surface area contributed by atoms with Crippen molar-refractivity contribution in [2.24, 2.45) is 0 Å². The molecule has 1 heteroatoms. The highest BCUT2D eigenvalue weighted by Gasteiger charge is 2.19. The van der Waals surface area contributed by atoms with Gasteiger partial charge >= 0.3 is 0 Å². The molecule has 5 rings (SSSR count). The predicted molar refractivity (Wildman–Crippen MR) is 272 cm³/mol. The van der Waals surface area contributed by atoms with Gasteiger partial charge in [-0.25, -0.2) is 0 Å². The number of rotatable bonds is 15. The molecule has 0 saturated carbocycles. The van der Waals surface area contributed by atoms with Crippen LogP contribution in [0.3, 0.4) is 0 Å². The zero-order valence-corrected chi connectivity index (χ0v) is 37.5. The first-order chi connectivity index (χ1) is 29.6. The van der Waals surface area contributed by atoms with Crippen LogP contribution in [-0.2, 0) is 0 Å². The van der Waals surface area contributed by atoms with E-state index in [4.69, 9.17) is 6.58 Å². The zero-order valence-electron chi connectivity index (χ0n) is 37.5. The first-order valence-electron chi connectivity index (χ1n) is 21.5. The second-order valence-electron chi connectivity index (χ2n) is 15.5. The lowest BCUT2D eigenvalue weighted by molar-refractivity contribution is 1.03. The van der Waals surface area contributed by atoms with Crippen LogP contribution in [0.4, 0.5) is 11.4 Å². The topological polar surface area (TPSA) is 3.24 Å². The first-order valence-corrected chi connectivity index (χ1v) is 21.5. The highest BCUT2D eigenvalue weighted by molar-refractivity contribution is 5.89. The molecule has 0 bridgehead atoms. The van der Waals surface area contributed by atoms with Gasteiger partial charge in [0.15, 0.2) is 0 Å². The van der Waals surface area contributed by atoms with Gasteiger partial charge < -0.3 is 4.90 Å². The Bertz CT molecular complexity index is 2530. The minimum Gasteiger partial charge on any atom is -0.310 e. The van der Waals surface area contributed by atoms with E-state index in [1.54, 1.807) is 0 Å². The van der Waals surface area contributed by atoms with E-state index in [0.29, 0.717) is 0 Å². The monoisotopic (exact) mass is 797 g/mol. The molecule has 61 heavy (non-hydrogen) atoms. The molecule has 0 N–H and O–H groups in total. The van der Waals surface area contributed by atoms with Crippen molar-refractivity contribution in [3.63, 3.8) is 0 Å². The van der Waals surface area contributed by atoms with E-state index < -0.39 is 0 Å². The molecule has 0 amide bonds. The lowest BCUT2D eigenvalue weighted by Crippen LogP contribution is -2.15. The third-order valence-electron chi connectivity index (χ3n) is 11.1. The average molecular weight is 798 g/mol. The fourth-order valence-electron chi connectivity index (χ4n) is 7.63. The van der Waals surface area contributed by atoms with Crippen molar-refractivity contribution < 1.29 is 0 Å². The maximum Gasteiger partial charge on any atom is 0.0490 e. The standard InChI is InChI=1S/C60H63N/c1-11-15-29-50-30-24-31-54(43-50)56-34-21-16-18-28-46(7)60(47(8)36-37-51(25-12-2)44(5)14-4)58(57(56)26-13-3)42-48(9)52-38-40-53(41-39-52)49(10)61(55-32-19-17-20-33-55)59-35-23-22-27-45(59)6/h11-13,15,17,19-43H,1,8,10,14,16,18H2,2-7,9H3/b25-12-,26-13-,29-15-,34-21?,37-36-,46-28+,48-42+,51-44+,57-56?,60-58+. The van der Waals surface area contributed by atoms with Gasteiger partial charge in [-0.1, -0.05) is 190 Å². The van der Waals surface area contributed by atoms with Crippen LogP contribution in [0.1, 0.15) is 88.6 Å². The quantitative estimate of drug-likeness (QED) is 0.108. The van der Waals surface area contributed by atoms with Crippen molar-refractivity contribution in [3.8, 4) is 0 Å². The number of benzene rings is 4. The van der Waals surface area contributed by atoms with Crippen molar-refractivity contribution in [1.82, 2.24) is 0 Å². The van der Waals surface area contributed by atoms with Crippen LogP contribution in [0.15, 0.2) is 235 Å². The SMILES string of the molecule is C=C/C=C\c1cccc(C2=C(/C=C\C)C(/C=C(\C)c3ccc(C(=C)N(c4ccccc4)c4ccccc4C)cc3)=C(C(=C)\C=C/C(/C=C\C)=C(\C)CC)\C(C)=C\CCC=C2)c1. The highest BCUT2D eigenvalue weighted by atomic mass is 15.1. The van der Waals surface area contributed by atoms with Crippen LogP contribution in [0, 0.1) is 6.92 Å². The van der Waals surface area contributed by atoms with Gasteiger partial charge in [0.25, 0.3) is 0 Å². The Morgan fingerprint density at radius 1 is 0.738 bits per heavy atom. The van der Waals surface area contributed by atoms with Gasteiger partial charge in [0.2, 0.25) is 0 Å².